The number of ether oxygens (including phenoxy) is 1. The Bertz CT molecular complexity index is 208. The third-order valence-corrected chi connectivity index (χ3v) is 2.94. The van der Waals surface area contributed by atoms with Gasteiger partial charge in [0.05, 0.1) is 6.54 Å². The predicted octanol–water partition coefficient (Wildman–Crippen LogP) is 0.951. The van der Waals surface area contributed by atoms with E-state index in [1.165, 1.54) is 12.8 Å². The van der Waals surface area contributed by atoms with E-state index in [2.05, 4.69) is 10.6 Å². The zero-order chi connectivity index (χ0) is 11.1. The Labute approximate surface area is 104 Å². The number of rotatable bonds is 8. The lowest BCUT2D eigenvalue weighted by molar-refractivity contribution is -0.120. The van der Waals surface area contributed by atoms with Gasteiger partial charge in [0.15, 0.2) is 0 Å². The van der Waals surface area contributed by atoms with Gasteiger partial charge < -0.3 is 15.4 Å². The Kier molecular flexibility index (Phi) is 7.72. The first-order valence-corrected chi connectivity index (χ1v) is 5.71. The minimum atomic E-state index is 0. The molecule has 0 spiro atoms. The first-order chi connectivity index (χ1) is 7.22. The van der Waals surface area contributed by atoms with E-state index in [1.807, 2.05) is 6.92 Å². The summed E-state index contributed by atoms with van der Waals surface area (Å²) < 4.78 is 5.34. The summed E-state index contributed by atoms with van der Waals surface area (Å²) in [7, 11) is 1.78. The fraction of sp³-hybridized carbons (Fsp3) is 0.909. The number of carbonyl (C=O) groups is 1. The number of likely N-dealkylation sites (N-methyl/N-ethyl adjacent to an activating group) is 1. The Balaban J connectivity index is 0.00000225. The van der Waals surface area contributed by atoms with Crippen molar-refractivity contribution in [2.75, 3.05) is 33.4 Å². The number of nitrogens with one attached hydrogen (secondary N) is 2. The molecule has 0 unspecified atom stereocenters. The van der Waals surface area contributed by atoms with E-state index in [9.17, 15) is 4.79 Å². The van der Waals surface area contributed by atoms with E-state index < -0.39 is 0 Å². The highest BCUT2D eigenvalue weighted by Crippen LogP contribution is 2.48. The minimum absolute atomic E-state index is 0. The maximum absolute atomic E-state index is 11.2. The van der Waals surface area contributed by atoms with E-state index in [0.717, 1.165) is 26.2 Å². The lowest BCUT2D eigenvalue weighted by Gasteiger charge is -2.15. The summed E-state index contributed by atoms with van der Waals surface area (Å²) in [6.45, 7) is 4.82. The molecule has 0 heterocycles. The van der Waals surface area contributed by atoms with Gasteiger partial charge in [-0.1, -0.05) is 0 Å². The van der Waals surface area contributed by atoms with Crippen LogP contribution < -0.4 is 10.6 Å². The molecule has 1 aliphatic rings. The van der Waals surface area contributed by atoms with E-state index in [1.54, 1.807) is 7.05 Å². The van der Waals surface area contributed by atoms with Gasteiger partial charge in [0, 0.05) is 19.8 Å². The van der Waals surface area contributed by atoms with Crippen LogP contribution in [0.2, 0.25) is 0 Å². The molecule has 1 saturated carbocycles. The van der Waals surface area contributed by atoms with Crippen molar-refractivity contribution in [2.24, 2.45) is 5.41 Å². The third-order valence-electron chi connectivity index (χ3n) is 2.94. The standard InChI is InChI=1S/C11H22N2O2.ClH/c1-3-15-7-6-11(4-5-11)9-13-10(14)8-12-2;/h12H,3-9H2,1-2H3,(H,13,14);1H. The molecule has 0 aromatic rings. The number of carbonyl (C=O) groups excluding carboxylic acids is 1. The molecule has 96 valence electrons. The molecule has 1 amide bonds. The van der Waals surface area contributed by atoms with E-state index in [4.69, 9.17) is 4.74 Å². The van der Waals surface area contributed by atoms with Crippen molar-refractivity contribution < 1.29 is 9.53 Å². The summed E-state index contributed by atoms with van der Waals surface area (Å²) in [6, 6.07) is 0. The Morgan fingerprint density at radius 3 is 2.62 bits per heavy atom. The molecule has 0 saturated heterocycles. The molecule has 1 aliphatic carbocycles. The van der Waals surface area contributed by atoms with Gasteiger partial charge >= 0.3 is 0 Å². The van der Waals surface area contributed by atoms with Gasteiger partial charge in [0.2, 0.25) is 5.91 Å². The molecule has 2 N–H and O–H groups in total. The molecule has 0 aliphatic heterocycles. The lowest BCUT2D eigenvalue weighted by atomic mass is 10.0. The summed E-state index contributed by atoms with van der Waals surface area (Å²) >= 11 is 0. The second kappa shape index (κ2) is 7.87. The average molecular weight is 251 g/mol. The SMILES string of the molecule is CCOCCC1(CNC(=O)CNC)CC1.Cl. The molecule has 0 radical (unpaired) electrons. The normalized spacial score (nSPS) is 16.4. The molecule has 0 aromatic heterocycles. The number of halogens is 1. The van der Waals surface area contributed by atoms with Crippen LogP contribution in [-0.4, -0.2) is 39.3 Å². The zero-order valence-electron chi connectivity index (χ0n) is 10.2. The first kappa shape index (κ1) is 15.7. The number of hydrogen-bond acceptors (Lipinski definition) is 3. The third kappa shape index (κ3) is 5.68. The summed E-state index contributed by atoms with van der Waals surface area (Å²) in [6.07, 6.45) is 3.51. The maximum Gasteiger partial charge on any atom is 0.233 e. The van der Waals surface area contributed by atoms with Crippen molar-refractivity contribution in [3.05, 3.63) is 0 Å². The molecule has 5 heteroatoms. The fourth-order valence-corrected chi connectivity index (χ4v) is 1.63. The van der Waals surface area contributed by atoms with Crippen LogP contribution in [0.3, 0.4) is 0 Å². The highest BCUT2D eigenvalue weighted by Gasteiger charge is 2.41. The van der Waals surface area contributed by atoms with Crippen molar-refractivity contribution in [1.82, 2.24) is 10.6 Å². The van der Waals surface area contributed by atoms with Crippen LogP contribution in [0.25, 0.3) is 0 Å². The van der Waals surface area contributed by atoms with Gasteiger partial charge in [-0.3, -0.25) is 4.79 Å². The zero-order valence-corrected chi connectivity index (χ0v) is 11.0. The summed E-state index contributed by atoms with van der Waals surface area (Å²) in [4.78, 5) is 11.2. The molecular weight excluding hydrogens is 228 g/mol. The molecule has 0 aromatic carbocycles. The monoisotopic (exact) mass is 250 g/mol. The first-order valence-electron chi connectivity index (χ1n) is 5.71. The Morgan fingerprint density at radius 2 is 2.12 bits per heavy atom. The Hall–Kier alpha value is -0.320. The average Bonchev–Trinajstić information content (AvgIpc) is 2.97. The molecular formula is C11H23ClN2O2. The van der Waals surface area contributed by atoms with Gasteiger partial charge in [-0.05, 0) is 38.6 Å². The minimum Gasteiger partial charge on any atom is -0.382 e. The summed E-state index contributed by atoms with van der Waals surface area (Å²) in [5, 5.41) is 5.80. The molecule has 1 fully saturated rings. The maximum atomic E-state index is 11.2. The van der Waals surface area contributed by atoms with Crippen LogP contribution in [0.1, 0.15) is 26.2 Å². The quantitative estimate of drug-likeness (QED) is 0.631. The molecule has 4 nitrogen and oxygen atoms in total. The van der Waals surface area contributed by atoms with Crippen LogP contribution in [-0.2, 0) is 9.53 Å². The fourth-order valence-electron chi connectivity index (χ4n) is 1.63. The van der Waals surface area contributed by atoms with E-state index >= 15 is 0 Å². The van der Waals surface area contributed by atoms with Crippen molar-refractivity contribution in [1.29, 1.82) is 0 Å². The molecule has 16 heavy (non-hydrogen) atoms. The second-order valence-electron chi connectivity index (χ2n) is 4.25. The predicted molar refractivity (Wildman–Crippen MR) is 67.0 cm³/mol. The van der Waals surface area contributed by atoms with Crippen LogP contribution >= 0.6 is 12.4 Å². The van der Waals surface area contributed by atoms with Gasteiger partial charge in [0.25, 0.3) is 0 Å². The molecule has 1 rings (SSSR count). The van der Waals surface area contributed by atoms with Gasteiger partial charge in [-0.2, -0.15) is 0 Å². The van der Waals surface area contributed by atoms with Crippen LogP contribution in [0.15, 0.2) is 0 Å². The topological polar surface area (TPSA) is 50.4 Å². The number of hydrogen-bond donors (Lipinski definition) is 2. The van der Waals surface area contributed by atoms with Gasteiger partial charge in [0.1, 0.15) is 0 Å². The van der Waals surface area contributed by atoms with Crippen LogP contribution in [0.5, 0.6) is 0 Å². The van der Waals surface area contributed by atoms with Crippen molar-refractivity contribution in [2.45, 2.75) is 26.2 Å². The Morgan fingerprint density at radius 1 is 1.44 bits per heavy atom. The van der Waals surface area contributed by atoms with Crippen LogP contribution in [0, 0.1) is 5.41 Å². The number of amides is 1. The van der Waals surface area contributed by atoms with Crippen molar-refractivity contribution >= 4 is 18.3 Å². The lowest BCUT2D eigenvalue weighted by Crippen LogP contribution is -2.36. The van der Waals surface area contributed by atoms with Gasteiger partial charge in [-0.15, -0.1) is 12.4 Å². The molecule has 0 bridgehead atoms. The smallest absolute Gasteiger partial charge is 0.233 e. The van der Waals surface area contributed by atoms with E-state index in [0.29, 0.717) is 12.0 Å². The largest absolute Gasteiger partial charge is 0.382 e. The van der Waals surface area contributed by atoms with Crippen molar-refractivity contribution in [3.63, 3.8) is 0 Å². The van der Waals surface area contributed by atoms with Crippen molar-refractivity contribution in [3.8, 4) is 0 Å². The summed E-state index contributed by atoms with van der Waals surface area (Å²) in [5.41, 5.74) is 0.346. The second-order valence-corrected chi connectivity index (χ2v) is 4.25. The highest BCUT2D eigenvalue weighted by molar-refractivity contribution is 5.85. The van der Waals surface area contributed by atoms with E-state index in [-0.39, 0.29) is 18.3 Å². The van der Waals surface area contributed by atoms with Crippen LogP contribution in [0.4, 0.5) is 0 Å². The highest BCUT2D eigenvalue weighted by atomic mass is 35.5. The molecule has 0 atom stereocenters. The van der Waals surface area contributed by atoms with Gasteiger partial charge in [-0.25, -0.2) is 0 Å². The summed E-state index contributed by atoms with van der Waals surface area (Å²) in [5.74, 6) is 0.0835.